The molecular weight excluding hydrogens is 242 g/mol. The third kappa shape index (κ3) is 3.40. The molecule has 5 heteroatoms. The molecule has 2 rings (SSSR count). The molecule has 1 unspecified atom stereocenters. The Hall–Kier alpha value is -2.17. The molecule has 0 aliphatic heterocycles. The second kappa shape index (κ2) is 6.13. The van der Waals surface area contributed by atoms with E-state index in [0.29, 0.717) is 13.2 Å². The van der Waals surface area contributed by atoms with Crippen molar-refractivity contribution in [3.8, 4) is 0 Å². The number of nitrogens with zero attached hydrogens (tertiary/aromatic N) is 3. The standard InChI is InChI=1S/C14H17N3O2/c1-3-19-14(18)11(2)13-6-4-12(5-7-13)10-17-9-8-15-16-17/h4-9,11H,3,10H2,1-2H3. The lowest BCUT2D eigenvalue weighted by molar-refractivity contribution is -0.144. The lowest BCUT2D eigenvalue weighted by atomic mass is 10.00. The minimum atomic E-state index is -0.236. The first-order valence-corrected chi connectivity index (χ1v) is 6.30. The van der Waals surface area contributed by atoms with Gasteiger partial charge in [0.1, 0.15) is 0 Å². The van der Waals surface area contributed by atoms with E-state index in [-0.39, 0.29) is 11.9 Å². The van der Waals surface area contributed by atoms with Crippen LogP contribution in [-0.2, 0) is 16.1 Å². The van der Waals surface area contributed by atoms with Gasteiger partial charge in [-0.3, -0.25) is 4.79 Å². The lowest BCUT2D eigenvalue weighted by Gasteiger charge is -2.11. The molecule has 1 atom stereocenters. The number of rotatable bonds is 5. The van der Waals surface area contributed by atoms with Gasteiger partial charge >= 0.3 is 5.97 Å². The molecule has 0 aliphatic carbocycles. The average Bonchev–Trinajstić information content (AvgIpc) is 2.92. The number of benzene rings is 1. The Kier molecular flexibility index (Phi) is 4.28. The Balaban J connectivity index is 2.03. The van der Waals surface area contributed by atoms with Crippen LogP contribution in [0, 0.1) is 0 Å². The Labute approximate surface area is 112 Å². The Bertz CT molecular complexity index is 520. The molecule has 5 nitrogen and oxygen atoms in total. The fourth-order valence-electron chi connectivity index (χ4n) is 1.82. The fourth-order valence-corrected chi connectivity index (χ4v) is 1.82. The predicted molar refractivity (Wildman–Crippen MR) is 70.6 cm³/mol. The van der Waals surface area contributed by atoms with Crippen LogP contribution in [0.3, 0.4) is 0 Å². The first kappa shape index (κ1) is 13.3. The monoisotopic (exact) mass is 259 g/mol. The predicted octanol–water partition coefficient (Wildman–Crippen LogP) is 1.99. The van der Waals surface area contributed by atoms with Gasteiger partial charge in [0.2, 0.25) is 0 Å². The molecule has 0 saturated carbocycles. The first-order chi connectivity index (χ1) is 9.20. The summed E-state index contributed by atoms with van der Waals surface area (Å²) < 4.78 is 6.77. The molecule has 0 bridgehead atoms. The summed E-state index contributed by atoms with van der Waals surface area (Å²) in [7, 11) is 0. The zero-order valence-corrected chi connectivity index (χ0v) is 11.1. The molecule has 2 aromatic rings. The van der Waals surface area contributed by atoms with E-state index in [0.717, 1.165) is 11.1 Å². The van der Waals surface area contributed by atoms with Crippen LogP contribution in [0.25, 0.3) is 0 Å². The van der Waals surface area contributed by atoms with Crippen LogP contribution in [0.4, 0.5) is 0 Å². The summed E-state index contributed by atoms with van der Waals surface area (Å²) in [6, 6.07) is 7.89. The van der Waals surface area contributed by atoms with Crippen LogP contribution in [0.5, 0.6) is 0 Å². The van der Waals surface area contributed by atoms with Crippen molar-refractivity contribution < 1.29 is 9.53 Å². The largest absolute Gasteiger partial charge is 0.466 e. The fraction of sp³-hybridized carbons (Fsp3) is 0.357. The SMILES string of the molecule is CCOC(=O)C(C)c1ccc(Cn2ccnn2)cc1. The summed E-state index contributed by atoms with van der Waals surface area (Å²) in [6.07, 6.45) is 3.46. The van der Waals surface area contributed by atoms with E-state index in [1.807, 2.05) is 44.3 Å². The van der Waals surface area contributed by atoms with Crippen LogP contribution in [0.15, 0.2) is 36.7 Å². The van der Waals surface area contributed by atoms with Crippen molar-refractivity contribution in [2.24, 2.45) is 0 Å². The van der Waals surface area contributed by atoms with E-state index in [1.165, 1.54) is 0 Å². The van der Waals surface area contributed by atoms with Gasteiger partial charge in [-0.25, -0.2) is 4.68 Å². The van der Waals surface area contributed by atoms with E-state index in [9.17, 15) is 4.79 Å². The Morgan fingerprint density at radius 1 is 1.37 bits per heavy atom. The van der Waals surface area contributed by atoms with Gasteiger partial charge in [0.25, 0.3) is 0 Å². The van der Waals surface area contributed by atoms with Crippen molar-refractivity contribution in [2.45, 2.75) is 26.3 Å². The van der Waals surface area contributed by atoms with E-state index in [2.05, 4.69) is 10.3 Å². The van der Waals surface area contributed by atoms with Gasteiger partial charge in [-0.2, -0.15) is 0 Å². The molecule has 0 amide bonds. The van der Waals surface area contributed by atoms with Gasteiger partial charge in [0, 0.05) is 6.20 Å². The summed E-state index contributed by atoms with van der Waals surface area (Å²) in [5.41, 5.74) is 2.08. The smallest absolute Gasteiger partial charge is 0.313 e. The molecule has 0 N–H and O–H groups in total. The van der Waals surface area contributed by atoms with Gasteiger partial charge in [-0.15, -0.1) is 5.10 Å². The van der Waals surface area contributed by atoms with Crippen molar-refractivity contribution in [2.75, 3.05) is 6.61 Å². The highest BCUT2D eigenvalue weighted by Crippen LogP contribution is 2.17. The second-order valence-corrected chi connectivity index (χ2v) is 4.32. The van der Waals surface area contributed by atoms with Crippen LogP contribution in [0.1, 0.15) is 30.9 Å². The maximum atomic E-state index is 11.6. The van der Waals surface area contributed by atoms with Gasteiger partial charge < -0.3 is 4.74 Å². The Morgan fingerprint density at radius 2 is 2.11 bits per heavy atom. The molecule has 19 heavy (non-hydrogen) atoms. The summed E-state index contributed by atoms with van der Waals surface area (Å²) in [5.74, 6) is -0.424. The molecule has 1 heterocycles. The van der Waals surface area contributed by atoms with E-state index >= 15 is 0 Å². The lowest BCUT2D eigenvalue weighted by Crippen LogP contribution is -2.13. The first-order valence-electron chi connectivity index (χ1n) is 6.30. The van der Waals surface area contributed by atoms with Crippen LogP contribution >= 0.6 is 0 Å². The number of carbonyl (C=O) groups is 1. The second-order valence-electron chi connectivity index (χ2n) is 4.32. The van der Waals surface area contributed by atoms with E-state index in [1.54, 1.807) is 10.9 Å². The molecule has 0 spiro atoms. The molecule has 0 fully saturated rings. The van der Waals surface area contributed by atoms with Gasteiger partial charge in [-0.05, 0) is 25.0 Å². The van der Waals surface area contributed by atoms with Gasteiger partial charge in [0.05, 0.1) is 25.3 Å². The van der Waals surface area contributed by atoms with Crippen LogP contribution in [0.2, 0.25) is 0 Å². The number of carbonyl (C=O) groups excluding carboxylic acids is 1. The zero-order chi connectivity index (χ0) is 13.7. The van der Waals surface area contributed by atoms with Crippen molar-refractivity contribution in [1.82, 2.24) is 15.0 Å². The van der Waals surface area contributed by atoms with Crippen molar-refractivity contribution in [3.05, 3.63) is 47.8 Å². The quantitative estimate of drug-likeness (QED) is 0.770. The minimum Gasteiger partial charge on any atom is -0.466 e. The molecule has 100 valence electrons. The highest BCUT2D eigenvalue weighted by atomic mass is 16.5. The number of hydrogen-bond acceptors (Lipinski definition) is 4. The number of aromatic nitrogens is 3. The number of ether oxygens (including phenoxy) is 1. The van der Waals surface area contributed by atoms with Crippen LogP contribution in [-0.4, -0.2) is 27.6 Å². The van der Waals surface area contributed by atoms with Crippen LogP contribution < -0.4 is 0 Å². The molecule has 0 radical (unpaired) electrons. The highest BCUT2D eigenvalue weighted by Gasteiger charge is 2.15. The number of esters is 1. The van der Waals surface area contributed by atoms with Crippen molar-refractivity contribution in [3.63, 3.8) is 0 Å². The van der Waals surface area contributed by atoms with Crippen molar-refractivity contribution >= 4 is 5.97 Å². The van der Waals surface area contributed by atoms with Gasteiger partial charge in [0.15, 0.2) is 0 Å². The van der Waals surface area contributed by atoms with Gasteiger partial charge in [-0.1, -0.05) is 29.5 Å². The highest BCUT2D eigenvalue weighted by molar-refractivity contribution is 5.77. The average molecular weight is 259 g/mol. The van der Waals surface area contributed by atoms with E-state index < -0.39 is 0 Å². The topological polar surface area (TPSA) is 57.0 Å². The summed E-state index contributed by atoms with van der Waals surface area (Å²) in [5, 5.41) is 7.67. The Morgan fingerprint density at radius 3 is 2.68 bits per heavy atom. The zero-order valence-electron chi connectivity index (χ0n) is 11.1. The third-order valence-corrected chi connectivity index (χ3v) is 2.94. The summed E-state index contributed by atoms with van der Waals surface area (Å²) in [6.45, 7) is 4.75. The maximum absolute atomic E-state index is 11.6. The molecule has 1 aromatic heterocycles. The third-order valence-electron chi connectivity index (χ3n) is 2.94. The molecule has 1 aromatic carbocycles. The maximum Gasteiger partial charge on any atom is 0.313 e. The minimum absolute atomic E-state index is 0.188. The van der Waals surface area contributed by atoms with E-state index in [4.69, 9.17) is 4.74 Å². The normalized spacial score (nSPS) is 12.1. The summed E-state index contributed by atoms with van der Waals surface area (Å²) >= 11 is 0. The molecule has 0 aliphatic rings. The molecular formula is C14H17N3O2. The number of hydrogen-bond donors (Lipinski definition) is 0. The molecule has 0 saturated heterocycles. The summed E-state index contributed by atoms with van der Waals surface area (Å²) in [4.78, 5) is 11.6. The van der Waals surface area contributed by atoms with Crippen molar-refractivity contribution in [1.29, 1.82) is 0 Å².